The number of rotatable bonds is 4. The fourth-order valence-electron chi connectivity index (χ4n) is 2.37. The molecule has 3 rings (SSSR count). The minimum absolute atomic E-state index is 0.742. The Bertz CT molecular complexity index is 619. The lowest BCUT2D eigenvalue weighted by atomic mass is 10.1. The SMILES string of the molecule is C/C(=N\Nc1ccccn1)c1ccc(N2CCOCC2)cc1. The molecule has 2 aromatic rings. The van der Waals surface area contributed by atoms with Crippen LogP contribution < -0.4 is 10.3 Å². The number of hydrazone groups is 1. The third kappa shape index (κ3) is 3.62. The van der Waals surface area contributed by atoms with Crippen LogP contribution in [0, 0.1) is 0 Å². The second-order valence-electron chi connectivity index (χ2n) is 5.17. The quantitative estimate of drug-likeness (QED) is 0.696. The minimum atomic E-state index is 0.742. The summed E-state index contributed by atoms with van der Waals surface area (Å²) in [4.78, 5) is 6.52. The van der Waals surface area contributed by atoms with E-state index >= 15 is 0 Å². The van der Waals surface area contributed by atoms with E-state index < -0.39 is 0 Å². The molecule has 1 aliphatic heterocycles. The molecule has 1 N–H and O–H groups in total. The predicted molar refractivity (Wildman–Crippen MR) is 89.5 cm³/mol. The lowest BCUT2D eigenvalue weighted by Crippen LogP contribution is -2.36. The summed E-state index contributed by atoms with van der Waals surface area (Å²) in [5.74, 6) is 0.742. The largest absolute Gasteiger partial charge is 0.378 e. The zero-order valence-corrected chi connectivity index (χ0v) is 12.7. The lowest BCUT2D eigenvalue weighted by Gasteiger charge is -2.28. The van der Waals surface area contributed by atoms with E-state index in [4.69, 9.17) is 4.74 Å². The van der Waals surface area contributed by atoms with Gasteiger partial charge in [0.2, 0.25) is 0 Å². The number of benzene rings is 1. The summed E-state index contributed by atoms with van der Waals surface area (Å²) in [7, 11) is 0. The summed E-state index contributed by atoms with van der Waals surface area (Å²) in [6.07, 6.45) is 1.74. The Morgan fingerprint density at radius 3 is 2.59 bits per heavy atom. The zero-order chi connectivity index (χ0) is 15.2. The summed E-state index contributed by atoms with van der Waals surface area (Å²) >= 11 is 0. The van der Waals surface area contributed by atoms with E-state index in [9.17, 15) is 0 Å². The van der Waals surface area contributed by atoms with E-state index in [2.05, 4.69) is 44.7 Å². The van der Waals surface area contributed by atoms with Gasteiger partial charge in [0.1, 0.15) is 5.82 Å². The monoisotopic (exact) mass is 296 g/mol. The van der Waals surface area contributed by atoms with Crippen molar-refractivity contribution in [2.24, 2.45) is 5.10 Å². The number of nitrogens with zero attached hydrogens (tertiary/aromatic N) is 3. The van der Waals surface area contributed by atoms with Crippen LogP contribution in [0.1, 0.15) is 12.5 Å². The number of aromatic nitrogens is 1. The van der Waals surface area contributed by atoms with E-state index in [1.807, 2.05) is 25.1 Å². The van der Waals surface area contributed by atoms with Gasteiger partial charge in [-0.15, -0.1) is 0 Å². The normalized spacial score (nSPS) is 15.7. The maximum Gasteiger partial charge on any atom is 0.146 e. The highest BCUT2D eigenvalue weighted by atomic mass is 16.5. The van der Waals surface area contributed by atoms with Gasteiger partial charge in [0.15, 0.2) is 0 Å². The first kappa shape index (κ1) is 14.5. The van der Waals surface area contributed by atoms with Gasteiger partial charge in [0.25, 0.3) is 0 Å². The molecule has 0 atom stereocenters. The van der Waals surface area contributed by atoms with Crippen molar-refractivity contribution in [3.05, 3.63) is 54.2 Å². The Hall–Kier alpha value is -2.40. The number of hydrogen-bond acceptors (Lipinski definition) is 5. The minimum Gasteiger partial charge on any atom is -0.378 e. The summed E-state index contributed by atoms with van der Waals surface area (Å²) in [6.45, 7) is 5.49. The molecule has 0 amide bonds. The smallest absolute Gasteiger partial charge is 0.146 e. The van der Waals surface area contributed by atoms with Gasteiger partial charge in [0, 0.05) is 25.0 Å². The number of hydrogen-bond donors (Lipinski definition) is 1. The summed E-state index contributed by atoms with van der Waals surface area (Å²) in [6, 6.07) is 14.2. The average molecular weight is 296 g/mol. The van der Waals surface area contributed by atoms with Crippen LogP contribution in [-0.2, 0) is 4.74 Å². The Kier molecular flexibility index (Phi) is 4.65. The highest BCUT2D eigenvalue weighted by Gasteiger charge is 2.10. The van der Waals surface area contributed by atoms with Crippen molar-refractivity contribution >= 4 is 17.2 Å². The van der Waals surface area contributed by atoms with Crippen LogP contribution in [0.3, 0.4) is 0 Å². The van der Waals surface area contributed by atoms with Gasteiger partial charge < -0.3 is 9.64 Å². The van der Waals surface area contributed by atoms with Crippen LogP contribution >= 0.6 is 0 Å². The van der Waals surface area contributed by atoms with Crippen LogP contribution in [0.25, 0.3) is 0 Å². The van der Waals surface area contributed by atoms with Gasteiger partial charge in [-0.05, 0) is 36.8 Å². The first-order chi connectivity index (χ1) is 10.8. The maximum atomic E-state index is 5.38. The molecule has 0 radical (unpaired) electrons. The molecule has 0 spiro atoms. The van der Waals surface area contributed by atoms with Crippen LogP contribution in [0.4, 0.5) is 11.5 Å². The Balaban J connectivity index is 1.66. The van der Waals surface area contributed by atoms with Crippen molar-refractivity contribution in [3.63, 3.8) is 0 Å². The fourth-order valence-corrected chi connectivity index (χ4v) is 2.37. The Labute approximate surface area is 130 Å². The molecule has 5 heteroatoms. The molecule has 2 heterocycles. The highest BCUT2D eigenvalue weighted by molar-refractivity contribution is 5.99. The van der Waals surface area contributed by atoms with Crippen molar-refractivity contribution in [1.29, 1.82) is 0 Å². The van der Waals surface area contributed by atoms with Gasteiger partial charge in [-0.25, -0.2) is 4.98 Å². The number of pyridine rings is 1. The summed E-state index contributed by atoms with van der Waals surface area (Å²) in [5, 5.41) is 4.38. The molecular formula is C17H20N4O. The lowest BCUT2D eigenvalue weighted by molar-refractivity contribution is 0.122. The molecule has 0 unspecified atom stereocenters. The van der Waals surface area contributed by atoms with Gasteiger partial charge >= 0.3 is 0 Å². The van der Waals surface area contributed by atoms with E-state index in [0.717, 1.165) is 43.4 Å². The molecule has 22 heavy (non-hydrogen) atoms. The Morgan fingerprint density at radius 1 is 1.14 bits per heavy atom. The van der Waals surface area contributed by atoms with Gasteiger partial charge in [-0.2, -0.15) is 5.10 Å². The zero-order valence-electron chi connectivity index (χ0n) is 12.7. The van der Waals surface area contributed by atoms with Crippen molar-refractivity contribution in [1.82, 2.24) is 4.98 Å². The van der Waals surface area contributed by atoms with Crippen LogP contribution in [0.2, 0.25) is 0 Å². The predicted octanol–water partition coefficient (Wildman–Crippen LogP) is 2.75. The summed E-state index contributed by atoms with van der Waals surface area (Å²) in [5.41, 5.74) is 6.23. The molecule has 1 fully saturated rings. The molecule has 1 aromatic carbocycles. The van der Waals surface area contributed by atoms with Gasteiger partial charge in [-0.1, -0.05) is 18.2 Å². The molecule has 0 bridgehead atoms. The van der Waals surface area contributed by atoms with E-state index in [1.54, 1.807) is 6.20 Å². The number of morpholine rings is 1. The molecule has 1 aromatic heterocycles. The first-order valence-corrected chi connectivity index (χ1v) is 7.47. The second kappa shape index (κ2) is 7.04. The molecular weight excluding hydrogens is 276 g/mol. The highest BCUT2D eigenvalue weighted by Crippen LogP contribution is 2.17. The maximum absolute atomic E-state index is 5.38. The first-order valence-electron chi connectivity index (χ1n) is 7.47. The standard InChI is InChI=1S/C17H20N4O/c1-14(19-20-17-4-2-3-9-18-17)15-5-7-16(8-6-15)21-10-12-22-13-11-21/h2-9H,10-13H2,1H3,(H,18,20)/b19-14+. The second-order valence-corrected chi connectivity index (χ2v) is 5.17. The van der Waals surface area contributed by atoms with Crippen molar-refractivity contribution in [2.75, 3.05) is 36.6 Å². The van der Waals surface area contributed by atoms with Crippen molar-refractivity contribution < 1.29 is 4.74 Å². The van der Waals surface area contributed by atoms with E-state index in [0.29, 0.717) is 0 Å². The van der Waals surface area contributed by atoms with E-state index in [-0.39, 0.29) is 0 Å². The number of nitrogens with one attached hydrogen (secondary N) is 1. The van der Waals surface area contributed by atoms with Crippen molar-refractivity contribution in [3.8, 4) is 0 Å². The number of anilines is 2. The topological polar surface area (TPSA) is 49.8 Å². The molecule has 5 nitrogen and oxygen atoms in total. The molecule has 0 saturated carbocycles. The molecule has 0 aliphatic carbocycles. The third-order valence-corrected chi connectivity index (χ3v) is 3.66. The van der Waals surface area contributed by atoms with Crippen LogP contribution in [-0.4, -0.2) is 37.0 Å². The molecule has 1 saturated heterocycles. The van der Waals surface area contributed by atoms with Crippen LogP contribution in [0.5, 0.6) is 0 Å². The summed E-state index contributed by atoms with van der Waals surface area (Å²) < 4.78 is 5.38. The molecule has 1 aliphatic rings. The molecule has 114 valence electrons. The third-order valence-electron chi connectivity index (χ3n) is 3.66. The van der Waals surface area contributed by atoms with Crippen molar-refractivity contribution in [2.45, 2.75) is 6.92 Å². The van der Waals surface area contributed by atoms with E-state index in [1.165, 1.54) is 5.69 Å². The Morgan fingerprint density at radius 2 is 1.91 bits per heavy atom. The average Bonchev–Trinajstić information content (AvgIpc) is 2.61. The van der Waals surface area contributed by atoms with Gasteiger partial charge in [-0.3, -0.25) is 5.43 Å². The number of ether oxygens (including phenoxy) is 1. The fraction of sp³-hybridized carbons (Fsp3) is 0.294. The van der Waals surface area contributed by atoms with Gasteiger partial charge in [0.05, 0.1) is 18.9 Å². The van der Waals surface area contributed by atoms with Crippen LogP contribution in [0.15, 0.2) is 53.8 Å².